The third kappa shape index (κ3) is 16.7. The van der Waals surface area contributed by atoms with E-state index in [-0.39, 0.29) is 76.3 Å². The molecule has 5 amide bonds. The third-order valence-corrected chi connectivity index (χ3v) is 18.9. The van der Waals surface area contributed by atoms with Gasteiger partial charge in [-0.3, -0.25) is 24.0 Å². The second-order valence-electron chi connectivity index (χ2n) is 23.3. The van der Waals surface area contributed by atoms with E-state index in [9.17, 15) is 28.8 Å². The first-order chi connectivity index (χ1) is 37.0. The summed E-state index contributed by atoms with van der Waals surface area (Å²) in [4.78, 5) is 80.1. The fourth-order valence-electron chi connectivity index (χ4n) is 12.2. The quantitative estimate of drug-likeness (QED) is 0.0436. The van der Waals surface area contributed by atoms with Crippen LogP contribution in [0.3, 0.4) is 0 Å². The van der Waals surface area contributed by atoms with Gasteiger partial charge < -0.3 is 51.4 Å². The van der Waals surface area contributed by atoms with E-state index >= 15 is 0 Å². The summed E-state index contributed by atoms with van der Waals surface area (Å²) in [6, 6.07) is 14.2. The van der Waals surface area contributed by atoms with Gasteiger partial charge in [0.2, 0.25) is 23.6 Å². The maximum Gasteiger partial charge on any atom is 0.408 e. The molecule has 426 valence electrons. The van der Waals surface area contributed by atoms with Gasteiger partial charge in [-0.15, -0.1) is 11.8 Å². The second-order valence-corrected chi connectivity index (χ2v) is 26.0. The van der Waals surface area contributed by atoms with Crippen LogP contribution in [-0.4, -0.2) is 127 Å². The molecule has 3 aliphatic carbocycles. The predicted octanol–water partition coefficient (Wildman–Crippen LogP) is 7.38. The van der Waals surface area contributed by atoms with Crippen LogP contribution in [0.1, 0.15) is 159 Å². The molecular weight excluding hydrogens is 1010 g/mol. The van der Waals surface area contributed by atoms with Crippen molar-refractivity contribution in [3.8, 4) is 0 Å². The Labute approximate surface area is 466 Å². The summed E-state index contributed by atoms with van der Waals surface area (Å²) < 4.78 is 19.0. The molecule has 1 unspecified atom stereocenters. The Balaban J connectivity index is 0.768. The molecule has 2 aromatic rings. The maximum atomic E-state index is 14.5. The number of ether oxygens (including phenoxy) is 3. The lowest BCUT2D eigenvalue weighted by Gasteiger charge is -2.33. The van der Waals surface area contributed by atoms with Crippen LogP contribution in [0.15, 0.2) is 48.5 Å². The van der Waals surface area contributed by atoms with Crippen LogP contribution in [-0.2, 0) is 51.0 Å². The Morgan fingerprint density at radius 1 is 0.727 bits per heavy atom. The van der Waals surface area contributed by atoms with Crippen molar-refractivity contribution in [3.63, 3.8) is 0 Å². The molecule has 0 spiro atoms. The summed E-state index contributed by atoms with van der Waals surface area (Å²) in [6.45, 7) is 11.1. The molecule has 2 aliphatic heterocycles. The number of nitrogens with one attached hydrogen (secondary N) is 7. The monoisotopic (exact) mass is 1100 g/mol. The molecule has 0 aromatic heterocycles. The highest BCUT2D eigenvalue weighted by molar-refractivity contribution is 8.00. The van der Waals surface area contributed by atoms with Crippen molar-refractivity contribution in [2.24, 2.45) is 17.3 Å². The summed E-state index contributed by atoms with van der Waals surface area (Å²) in [5.41, 5.74) is 3.22. The summed E-state index contributed by atoms with van der Waals surface area (Å²) in [5, 5.41) is 20.9. The van der Waals surface area contributed by atoms with Gasteiger partial charge in [-0.2, -0.15) is 11.8 Å². The van der Waals surface area contributed by atoms with Crippen molar-refractivity contribution in [1.82, 2.24) is 37.2 Å². The number of thioether (sulfide) groups is 2. The minimum atomic E-state index is -0.871. The maximum absolute atomic E-state index is 14.5. The number of Topliss-reactive ketones (excluding diaryl/α,β-unsaturated/α-hetero) is 1. The molecule has 11 atom stereocenters. The molecule has 0 bridgehead atoms. The molecule has 0 radical (unpaired) electrons. The van der Waals surface area contributed by atoms with Gasteiger partial charge in [0.05, 0.1) is 54.2 Å². The van der Waals surface area contributed by atoms with Gasteiger partial charge in [0.15, 0.2) is 5.78 Å². The number of benzene rings is 2. The number of ketones is 1. The minimum Gasteiger partial charge on any atom is -0.443 e. The lowest BCUT2D eigenvalue weighted by molar-refractivity contribution is -0.138. The van der Waals surface area contributed by atoms with E-state index in [2.05, 4.69) is 69.3 Å². The Morgan fingerprint density at radius 3 is 1.86 bits per heavy atom. The van der Waals surface area contributed by atoms with Crippen LogP contribution in [0.4, 0.5) is 4.79 Å². The molecule has 2 heterocycles. The van der Waals surface area contributed by atoms with Crippen molar-refractivity contribution < 1.29 is 43.0 Å². The largest absolute Gasteiger partial charge is 0.443 e. The van der Waals surface area contributed by atoms with Crippen molar-refractivity contribution in [1.29, 1.82) is 0 Å². The first-order valence-electron chi connectivity index (χ1n) is 28.7. The highest BCUT2D eigenvalue weighted by atomic mass is 32.2. The minimum absolute atomic E-state index is 0.0192. The van der Waals surface area contributed by atoms with Gasteiger partial charge >= 0.3 is 6.09 Å². The molecule has 7 rings (SSSR count). The van der Waals surface area contributed by atoms with Crippen LogP contribution < -0.4 is 37.2 Å². The SMILES string of the molecule is CNCC(=O)N[C@H]1CCS[C@@H](CC(C)(C)OC(=O)N[C@H]2c3ccccc3C[C@H]2OCCCCCCCCCCCCO[C@H]2Cc3ccccc3[C@@H]2NC(=O)[C@H]2C3C(=O)[C@@H](NC(=O)[C@H](C)NC)CCS[C@H]3CC2(C)C)NC1=O. The molecule has 3 fully saturated rings. The van der Waals surface area contributed by atoms with Gasteiger partial charge in [0, 0.05) is 43.6 Å². The normalized spacial score (nSPS) is 27.0. The van der Waals surface area contributed by atoms with E-state index in [4.69, 9.17) is 14.2 Å². The number of amides is 5. The first-order valence-corrected chi connectivity index (χ1v) is 30.8. The average Bonchev–Trinajstić information content (AvgIpc) is 3.98. The van der Waals surface area contributed by atoms with Gasteiger partial charge in [-0.25, -0.2) is 4.79 Å². The Hall–Kier alpha value is -4.20. The number of rotatable bonds is 27. The molecule has 18 heteroatoms. The van der Waals surface area contributed by atoms with Crippen molar-refractivity contribution in [2.75, 3.05) is 45.4 Å². The lowest BCUT2D eigenvalue weighted by Crippen LogP contribution is -2.52. The summed E-state index contributed by atoms with van der Waals surface area (Å²) in [6.07, 6.45) is 14.0. The van der Waals surface area contributed by atoms with Crippen molar-refractivity contribution in [3.05, 3.63) is 70.8 Å². The molecular formula is C59H89N7O9S2. The molecule has 1 saturated carbocycles. The average molecular weight is 1100 g/mol. The number of hydrogen-bond donors (Lipinski definition) is 7. The molecule has 5 aliphatic rings. The molecule has 16 nitrogen and oxygen atoms in total. The zero-order valence-corrected chi connectivity index (χ0v) is 48.4. The van der Waals surface area contributed by atoms with Gasteiger partial charge in [0.25, 0.3) is 0 Å². The second kappa shape index (κ2) is 28.8. The lowest BCUT2D eigenvalue weighted by atomic mass is 9.75. The fraction of sp³-hybridized carbons (Fsp3) is 0.695. The number of fused-ring (bicyclic) bond motifs is 3. The van der Waals surface area contributed by atoms with Crippen molar-refractivity contribution >= 4 is 59.0 Å². The van der Waals surface area contributed by atoms with Crippen LogP contribution >= 0.6 is 23.5 Å². The summed E-state index contributed by atoms with van der Waals surface area (Å²) >= 11 is 3.36. The Morgan fingerprint density at radius 2 is 1.27 bits per heavy atom. The van der Waals surface area contributed by atoms with Crippen LogP contribution in [0, 0.1) is 17.3 Å². The van der Waals surface area contributed by atoms with Crippen molar-refractivity contribution in [2.45, 2.75) is 196 Å². The smallest absolute Gasteiger partial charge is 0.408 e. The topological polar surface area (TPSA) is 214 Å². The van der Waals surface area contributed by atoms with E-state index < -0.39 is 41.7 Å². The van der Waals surface area contributed by atoms with E-state index in [1.54, 1.807) is 44.5 Å². The summed E-state index contributed by atoms with van der Waals surface area (Å²) in [5.74, 6) is -0.317. The highest BCUT2D eigenvalue weighted by Crippen LogP contribution is 2.53. The molecule has 77 heavy (non-hydrogen) atoms. The Bertz CT molecular complexity index is 2320. The number of carbonyl (C=O) groups is 6. The summed E-state index contributed by atoms with van der Waals surface area (Å²) in [7, 11) is 3.41. The Kier molecular flexibility index (Phi) is 22.6. The number of hydrogen-bond acceptors (Lipinski definition) is 13. The predicted molar refractivity (Wildman–Crippen MR) is 304 cm³/mol. The first kappa shape index (κ1) is 60.4. The number of unbranched alkanes of at least 4 members (excludes halogenated alkanes) is 9. The zero-order valence-electron chi connectivity index (χ0n) is 46.8. The number of likely N-dealkylation sites (N-methyl/N-ethyl adjacent to an activating group) is 2. The van der Waals surface area contributed by atoms with Gasteiger partial charge in [-0.1, -0.05) is 114 Å². The third-order valence-electron chi connectivity index (χ3n) is 16.4. The van der Waals surface area contributed by atoms with E-state index in [1.807, 2.05) is 44.2 Å². The van der Waals surface area contributed by atoms with Crippen LogP contribution in [0.2, 0.25) is 0 Å². The van der Waals surface area contributed by atoms with Gasteiger partial charge in [-0.05, 0) is 106 Å². The van der Waals surface area contributed by atoms with E-state index in [0.717, 1.165) is 73.8 Å². The zero-order chi connectivity index (χ0) is 55.1. The number of alkyl carbamates (subject to hydrolysis) is 1. The highest BCUT2D eigenvalue weighted by Gasteiger charge is 2.57. The van der Waals surface area contributed by atoms with Crippen LogP contribution in [0.5, 0.6) is 0 Å². The van der Waals surface area contributed by atoms with Crippen LogP contribution in [0.25, 0.3) is 0 Å². The van der Waals surface area contributed by atoms with E-state index in [1.165, 1.54) is 31.2 Å². The number of carbonyl (C=O) groups excluding carboxylic acids is 6. The fourth-order valence-corrected chi connectivity index (χ4v) is 15.3. The van der Waals surface area contributed by atoms with Gasteiger partial charge in [0.1, 0.15) is 11.6 Å². The van der Waals surface area contributed by atoms with E-state index in [0.29, 0.717) is 44.6 Å². The molecule has 2 aromatic carbocycles. The molecule has 2 saturated heterocycles. The molecule has 7 N–H and O–H groups in total. The standard InChI is InChI=1S/C59H89N7O9S2/c1-37(61-7)54(69)63-42-26-30-76-46-34-58(2,3)50(49(46)53(42)68)56(71)65-51-40-24-18-16-22-38(40)32-44(51)73-28-20-14-12-10-8-9-11-13-15-21-29-74-45-33-39-23-17-19-25-41(39)52(45)66-57(72)75-59(4,5)35-48-64-55(70)43(27-31-77-48)62-47(67)36-60-6/h16-19,22-25,37,42-46,48-52,60-61H,8-15,20-21,26-36H2,1-7H3,(H,62,67)(H,63,69)(H,64,70)(H,65,71)(H,66,72)/t37-,42-,43-,44-,45+,46-,48-,49?,50+,51-,52-/m0/s1.